The normalized spacial score (nSPS) is 10.3. The first-order valence-corrected chi connectivity index (χ1v) is 7.95. The van der Waals surface area contributed by atoms with Crippen molar-refractivity contribution in [2.24, 2.45) is 5.73 Å². The number of nitrogens with zero attached hydrogens (tertiary/aromatic N) is 1. The molecule has 22 heavy (non-hydrogen) atoms. The van der Waals surface area contributed by atoms with E-state index >= 15 is 0 Å². The van der Waals surface area contributed by atoms with Crippen LogP contribution in [0.2, 0.25) is 0 Å². The summed E-state index contributed by atoms with van der Waals surface area (Å²) in [6.45, 7) is 4.34. The van der Waals surface area contributed by atoms with Gasteiger partial charge in [0.2, 0.25) is 11.8 Å². The zero-order valence-electron chi connectivity index (χ0n) is 13.4. The number of carbonyl (C=O) groups is 2. The standard InChI is InChI=1S/C17H27N3O2/c1-2-19-16(21)10-6-11-17(22)20(13-7-12-18)14-15-8-4-3-5-9-15/h3-5,8-9H,2,6-7,10-14,18H2,1H3,(H,19,21). The summed E-state index contributed by atoms with van der Waals surface area (Å²) in [5.74, 6) is 0.0912. The van der Waals surface area contributed by atoms with E-state index in [1.54, 1.807) is 0 Å². The number of nitrogens with one attached hydrogen (secondary N) is 1. The van der Waals surface area contributed by atoms with Gasteiger partial charge >= 0.3 is 0 Å². The van der Waals surface area contributed by atoms with Crippen molar-refractivity contribution in [2.75, 3.05) is 19.6 Å². The number of nitrogens with two attached hydrogens (primary N) is 1. The minimum absolute atomic E-state index is 0.00636. The van der Waals surface area contributed by atoms with Crippen LogP contribution in [0.3, 0.4) is 0 Å². The average molecular weight is 305 g/mol. The van der Waals surface area contributed by atoms with Crippen molar-refractivity contribution in [3.8, 4) is 0 Å². The molecule has 1 aromatic rings. The topological polar surface area (TPSA) is 75.4 Å². The lowest BCUT2D eigenvalue weighted by atomic mass is 10.1. The predicted octanol–water partition coefficient (Wildman–Crippen LogP) is 1.67. The van der Waals surface area contributed by atoms with Crippen LogP contribution in [0.15, 0.2) is 30.3 Å². The van der Waals surface area contributed by atoms with Crippen LogP contribution in [0.1, 0.15) is 38.2 Å². The number of benzene rings is 1. The molecule has 0 aromatic heterocycles. The fourth-order valence-electron chi connectivity index (χ4n) is 2.22. The highest BCUT2D eigenvalue weighted by Crippen LogP contribution is 2.09. The fraction of sp³-hybridized carbons (Fsp3) is 0.529. The van der Waals surface area contributed by atoms with Gasteiger partial charge in [-0.1, -0.05) is 30.3 Å². The van der Waals surface area contributed by atoms with Crippen molar-refractivity contribution < 1.29 is 9.59 Å². The molecule has 2 amide bonds. The van der Waals surface area contributed by atoms with E-state index in [-0.39, 0.29) is 11.8 Å². The van der Waals surface area contributed by atoms with Gasteiger partial charge in [-0.3, -0.25) is 9.59 Å². The summed E-state index contributed by atoms with van der Waals surface area (Å²) in [6, 6.07) is 9.92. The van der Waals surface area contributed by atoms with Gasteiger partial charge in [-0.25, -0.2) is 0 Å². The fourth-order valence-corrected chi connectivity index (χ4v) is 2.22. The smallest absolute Gasteiger partial charge is 0.222 e. The maximum absolute atomic E-state index is 12.3. The first-order valence-electron chi connectivity index (χ1n) is 7.95. The quantitative estimate of drug-likeness (QED) is 0.690. The maximum atomic E-state index is 12.3. The SMILES string of the molecule is CCNC(=O)CCCC(=O)N(CCCN)Cc1ccccc1. The molecule has 0 radical (unpaired) electrons. The van der Waals surface area contributed by atoms with Gasteiger partial charge in [0.25, 0.3) is 0 Å². The van der Waals surface area contributed by atoms with Crippen LogP contribution >= 0.6 is 0 Å². The molecule has 1 rings (SSSR count). The third kappa shape index (κ3) is 7.22. The molecule has 0 bridgehead atoms. The summed E-state index contributed by atoms with van der Waals surface area (Å²) in [4.78, 5) is 25.6. The Labute approximate surface area is 132 Å². The van der Waals surface area contributed by atoms with Gasteiger partial charge in [0.15, 0.2) is 0 Å². The average Bonchev–Trinajstić information content (AvgIpc) is 2.52. The van der Waals surface area contributed by atoms with Crippen LogP contribution in [0.5, 0.6) is 0 Å². The minimum atomic E-state index is 0.00636. The van der Waals surface area contributed by atoms with Crippen LogP contribution in [0.4, 0.5) is 0 Å². The third-order valence-electron chi connectivity index (χ3n) is 3.37. The Morgan fingerprint density at radius 3 is 2.50 bits per heavy atom. The Kier molecular flexibility index (Phi) is 8.91. The number of hydrogen-bond acceptors (Lipinski definition) is 3. The monoisotopic (exact) mass is 305 g/mol. The van der Waals surface area contributed by atoms with Crippen molar-refractivity contribution in [2.45, 2.75) is 39.2 Å². The molecule has 5 heteroatoms. The van der Waals surface area contributed by atoms with E-state index in [1.807, 2.05) is 42.2 Å². The highest BCUT2D eigenvalue weighted by molar-refractivity contribution is 5.78. The van der Waals surface area contributed by atoms with Crippen molar-refractivity contribution in [3.63, 3.8) is 0 Å². The molecule has 0 aliphatic carbocycles. The van der Waals surface area contributed by atoms with Gasteiger partial charge in [0.05, 0.1) is 0 Å². The molecule has 0 aliphatic heterocycles. The second-order valence-corrected chi connectivity index (χ2v) is 5.25. The molecule has 0 spiro atoms. The Morgan fingerprint density at radius 1 is 1.14 bits per heavy atom. The number of rotatable bonds is 10. The molecule has 0 saturated carbocycles. The van der Waals surface area contributed by atoms with Crippen LogP contribution in [0, 0.1) is 0 Å². The lowest BCUT2D eigenvalue weighted by Crippen LogP contribution is -2.32. The summed E-state index contributed by atoms with van der Waals surface area (Å²) >= 11 is 0. The van der Waals surface area contributed by atoms with Gasteiger partial charge in [0, 0.05) is 32.5 Å². The molecule has 122 valence electrons. The molecule has 0 saturated heterocycles. The molecule has 0 unspecified atom stereocenters. The molecule has 0 atom stereocenters. The highest BCUT2D eigenvalue weighted by Gasteiger charge is 2.14. The van der Waals surface area contributed by atoms with Crippen molar-refractivity contribution in [3.05, 3.63) is 35.9 Å². The van der Waals surface area contributed by atoms with Gasteiger partial charge in [0.1, 0.15) is 0 Å². The summed E-state index contributed by atoms with van der Waals surface area (Å²) in [7, 11) is 0. The van der Waals surface area contributed by atoms with E-state index in [2.05, 4.69) is 5.32 Å². The van der Waals surface area contributed by atoms with Gasteiger partial charge in [-0.2, -0.15) is 0 Å². The summed E-state index contributed by atoms with van der Waals surface area (Å²) in [5, 5.41) is 2.74. The molecule has 0 fully saturated rings. The molecule has 1 aromatic carbocycles. The number of hydrogen-bond donors (Lipinski definition) is 2. The zero-order valence-corrected chi connectivity index (χ0v) is 13.4. The van der Waals surface area contributed by atoms with E-state index in [0.717, 1.165) is 12.0 Å². The van der Waals surface area contributed by atoms with Crippen LogP contribution in [0.25, 0.3) is 0 Å². The Balaban J connectivity index is 2.47. The van der Waals surface area contributed by atoms with E-state index in [9.17, 15) is 9.59 Å². The molecule has 0 aliphatic rings. The molecule has 0 heterocycles. The Bertz CT molecular complexity index is 448. The van der Waals surface area contributed by atoms with Gasteiger partial charge in [-0.05, 0) is 31.9 Å². The Morgan fingerprint density at radius 2 is 1.86 bits per heavy atom. The van der Waals surface area contributed by atoms with Crippen molar-refractivity contribution in [1.29, 1.82) is 0 Å². The molecular formula is C17H27N3O2. The lowest BCUT2D eigenvalue weighted by Gasteiger charge is -2.22. The largest absolute Gasteiger partial charge is 0.356 e. The first kappa shape index (κ1) is 18.2. The minimum Gasteiger partial charge on any atom is -0.356 e. The van der Waals surface area contributed by atoms with E-state index in [4.69, 9.17) is 5.73 Å². The van der Waals surface area contributed by atoms with E-state index in [0.29, 0.717) is 45.4 Å². The van der Waals surface area contributed by atoms with Gasteiger partial charge < -0.3 is 16.0 Å². The van der Waals surface area contributed by atoms with E-state index in [1.165, 1.54) is 0 Å². The third-order valence-corrected chi connectivity index (χ3v) is 3.37. The number of amides is 2. The second-order valence-electron chi connectivity index (χ2n) is 5.25. The summed E-state index contributed by atoms with van der Waals surface area (Å²) < 4.78 is 0. The molecule has 3 N–H and O–H groups in total. The summed E-state index contributed by atoms with van der Waals surface area (Å²) in [5.41, 5.74) is 6.66. The molecular weight excluding hydrogens is 278 g/mol. The van der Waals surface area contributed by atoms with Crippen molar-refractivity contribution >= 4 is 11.8 Å². The van der Waals surface area contributed by atoms with Crippen LogP contribution in [-0.4, -0.2) is 36.3 Å². The predicted molar refractivity (Wildman–Crippen MR) is 88.1 cm³/mol. The van der Waals surface area contributed by atoms with E-state index < -0.39 is 0 Å². The first-order chi connectivity index (χ1) is 10.7. The van der Waals surface area contributed by atoms with Crippen LogP contribution < -0.4 is 11.1 Å². The number of carbonyl (C=O) groups excluding carboxylic acids is 2. The van der Waals surface area contributed by atoms with Crippen LogP contribution in [-0.2, 0) is 16.1 Å². The molecule has 5 nitrogen and oxygen atoms in total. The Hall–Kier alpha value is -1.88. The van der Waals surface area contributed by atoms with Crippen molar-refractivity contribution in [1.82, 2.24) is 10.2 Å². The lowest BCUT2D eigenvalue weighted by molar-refractivity contribution is -0.132. The summed E-state index contributed by atoms with van der Waals surface area (Å²) in [6.07, 6.45) is 2.16. The second kappa shape index (κ2) is 10.8. The van der Waals surface area contributed by atoms with Gasteiger partial charge in [-0.15, -0.1) is 0 Å². The maximum Gasteiger partial charge on any atom is 0.222 e. The zero-order chi connectivity index (χ0) is 16.2. The highest BCUT2D eigenvalue weighted by atomic mass is 16.2.